The van der Waals surface area contributed by atoms with Crippen LogP contribution in [-0.2, 0) is 0 Å². The van der Waals surface area contributed by atoms with E-state index in [9.17, 15) is 0 Å². The molecule has 1 saturated carbocycles. The predicted molar refractivity (Wildman–Crippen MR) is 62.2 cm³/mol. The summed E-state index contributed by atoms with van der Waals surface area (Å²) in [5, 5.41) is 0. The zero-order chi connectivity index (χ0) is 12.0. The van der Waals surface area contributed by atoms with Crippen LogP contribution in [0.2, 0.25) is 0 Å². The van der Waals surface area contributed by atoms with Crippen molar-refractivity contribution in [3.63, 3.8) is 0 Å². The fourth-order valence-electron chi connectivity index (χ4n) is 2.44. The monoisotopic (exact) mass is 236 g/mol. The van der Waals surface area contributed by atoms with Crippen molar-refractivity contribution in [3.05, 3.63) is 11.6 Å². The van der Waals surface area contributed by atoms with E-state index >= 15 is 0 Å². The molecule has 2 atom stereocenters. The van der Waals surface area contributed by atoms with Crippen molar-refractivity contribution in [1.82, 2.24) is 0 Å². The van der Waals surface area contributed by atoms with Crippen LogP contribution in [0.25, 0.3) is 0 Å². The van der Waals surface area contributed by atoms with Crippen molar-refractivity contribution in [3.8, 4) is 23.0 Å². The Morgan fingerprint density at radius 3 is 2.47 bits per heavy atom. The van der Waals surface area contributed by atoms with Gasteiger partial charge in [-0.2, -0.15) is 0 Å². The van der Waals surface area contributed by atoms with Crippen LogP contribution in [0.1, 0.15) is 24.8 Å². The van der Waals surface area contributed by atoms with Crippen molar-refractivity contribution < 1.29 is 18.9 Å². The lowest BCUT2D eigenvalue weighted by molar-refractivity contribution is 0.170. The summed E-state index contributed by atoms with van der Waals surface area (Å²) < 4.78 is 21.7. The normalized spacial score (nSPS) is 24.6. The molecule has 3 rings (SSSR count). The van der Waals surface area contributed by atoms with Crippen molar-refractivity contribution in [1.29, 1.82) is 0 Å². The van der Waals surface area contributed by atoms with Crippen molar-refractivity contribution in [2.45, 2.75) is 19.3 Å². The minimum Gasteiger partial charge on any atom is -0.492 e. The maximum Gasteiger partial charge on any atom is 0.231 e. The highest BCUT2D eigenvalue weighted by molar-refractivity contribution is 5.65. The van der Waals surface area contributed by atoms with Crippen LogP contribution >= 0.6 is 0 Å². The Labute approximate surface area is 100 Å². The van der Waals surface area contributed by atoms with Gasteiger partial charge in [-0.25, -0.2) is 0 Å². The highest BCUT2D eigenvalue weighted by atomic mass is 16.7. The van der Waals surface area contributed by atoms with Gasteiger partial charge in [0, 0.05) is 5.56 Å². The Hall–Kier alpha value is -1.58. The molecule has 0 aromatic heterocycles. The van der Waals surface area contributed by atoms with Gasteiger partial charge in [0.25, 0.3) is 0 Å². The molecule has 1 aliphatic heterocycles. The van der Waals surface area contributed by atoms with E-state index in [0.29, 0.717) is 23.3 Å². The summed E-state index contributed by atoms with van der Waals surface area (Å²) >= 11 is 0. The molecule has 0 saturated heterocycles. The number of rotatable bonds is 3. The highest BCUT2D eigenvalue weighted by Crippen LogP contribution is 2.57. The van der Waals surface area contributed by atoms with Crippen molar-refractivity contribution in [2.24, 2.45) is 5.92 Å². The van der Waals surface area contributed by atoms with Crippen LogP contribution in [0, 0.1) is 5.92 Å². The van der Waals surface area contributed by atoms with Crippen LogP contribution in [0.4, 0.5) is 0 Å². The summed E-state index contributed by atoms with van der Waals surface area (Å²) in [6.45, 7) is 2.49. The van der Waals surface area contributed by atoms with Gasteiger partial charge in [0.05, 0.1) is 14.2 Å². The quantitative estimate of drug-likeness (QED) is 0.808. The van der Waals surface area contributed by atoms with E-state index in [1.807, 2.05) is 6.07 Å². The summed E-state index contributed by atoms with van der Waals surface area (Å²) in [7, 11) is 3.29. The highest BCUT2D eigenvalue weighted by Gasteiger charge is 2.39. The number of methoxy groups -OCH3 is 2. The van der Waals surface area contributed by atoms with Crippen LogP contribution in [0.5, 0.6) is 23.0 Å². The van der Waals surface area contributed by atoms with E-state index in [1.165, 1.54) is 12.0 Å². The lowest BCUT2D eigenvalue weighted by atomic mass is 10.1. The van der Waals surface area contributed by atoms with Gasteiger partial charge >= 0.3 is 0 Å². The van der Waals surface area contributed by atoms with Gasteiger partial charge in [-0.05, 0) is 24.3 Å². The first kappa shape index (κ1) is 10.6. The molecule has 1 fully saturated rings. The minimum absolute atomic E-state index is 0.249. The number of hydrogen-bond donors (Lipinski definition) is 0. The molecule has 2 aliphatic rings. The van der Waals surface area contributed by atoms with E-state index in [2.05, 4.69) is 6.92 Å². The fraction of sp³-hybridized carbons (Fsp3) is 0.538. The van der Waals surface area contributed by atoms with E-state index < -0.39 is 0 Å². The molecule has 1 aromatic carbocycles. The molecule has 0 amide bonds. The van der Waals surface area contributed by atoms with Crippen LogP contribution in [0.15, 0.2) is 6.07 Å². The Morgan fingerprint density at radius 2 is 1.88 bits per heavy atom. The summed E-state index contributed by atoms with van der Waals surface area (Å²) in [6.07, 6.45) is 1.19. The number of benzene rings is 1. The molecule has 17 heavy (non-hydrogen) atoms. The molecule has 4 nitrogen and oxygen atoms in total. The third kappa shape index (κ3) is 1.51. The molecule has 1 aliphatic carbocycles. The first-order valence-electron chi connectivity index (χ1n) is 5.80. The molecule has 0 N–H and O–H groups in total. The third-order valence-corrected chi connectivity index (χ3v) is 3.52. The standard InChI is InChI=1S/C13H16O4/c1-7-4-8(7)9-5-10-12(17-6-16-10)13(15-3)11(9)14-2/h5,7-8H,4,6H2,1-3H3. The molecule has 4 heteroatoms. The second-order valence-corrected chi connectivity index (χ2v) is 4.59. The van der Waals surface area contributed by atoms with Gasteiger partial charge in [0.15, 0.2) is 11.5 Å². The zero-order valence-electron chi connectivity index (χ0n) is 10.3. The lowest BCUT2D eigenvalue weighted by Crippen LogP contribution is -1.97. The Balaban J connectivity index is 2.15. The summed E-state index contributed by atoms with van der Waals surface area (Å²) in [5.74, 6) is 4.10. The topological polar surface area (TPSA) is 36.9 Å². The fourth-order valence-corrected chi connectivity index (χ4v) is 2.44. The van der Waals surface area contributed by atoms with Crippen LogP contribution < -0.4 is 18.9 Å². The maximum absolute atomic E-state index is 5.48. The first-order chi connectivity index (χ1) is 8.26. The summed E-state index contributed by atoms with van der Waals surface area (Å²) in [4.78, 5) is 0. The summed E-state index contributed by atoms with van der Waals surface area (Å²) in [6, 6.07) is 2.03. The number of fused-ring (bicyclic) bond motifs is 1. The zero-order valence-corrected chi connectivity index (χ0v) is 10.3. The molecule has 2 unspecified atom stereocenters. The Kier molecular flexibility index (Phi) is 2.31. The number of hydrogen-bond acceptors (Lipinski definition) is 4. The molecule has 1 heterocycles. The molecular weight excluding hydrogens is 220 g/mol. The van der Waals surface area contributed by atoms with Gasteiger partial charge in [0.1, 0.15) is 0 Å². The third-order valence-electron chi connectivity index (χ3n) is 3.52. The Bertz CT molecular complexity index is 455. The Morgan fingerprint density at radius 1 is 1.18 bits per heavy atom. The molecule has 1 aromatic rings. The van der Waals surface area contributed by atoms with Crippen molar-refractivity contribution in [2.75, 3.05) is 21.0 Å². The largest absolute Gasteiger partial charge is 0.492 e. The second kappa shape index (κ2) is 3.72. The maximum atomic E-state index is 5.48. The van der Waals surface area contributed by atoms with Gasteiger partial charge in [-0.1, -0.05) is 6.92 Å². The molecular formula is C13H16O4. The molecule has 0 bridgehead atoms. The van der Waals surface area contributed by atoms with Gasteiger partial charge in [0.2, 0.25) is 18.3 Å². The second-order valence-electron chi connectivity index (χ2n) is 4.59. The number of ether oxygens (including phenoxy) is 4. The SMILES string of the molecule is COc1c(C2CC2C)cc2c(c1OC)OCO2. The minimum atomic E-state index is 0.249. The average molecular weight is 236 g/mol. The lowest BCUT2D eigenvalue weighted by Gasteiger charge is -2.14. The van der Waals surface area contributed by atoms with E-state index in [0.717, 1.165) is 11.5 Å². The van der Waals surface area contributed by atoms with Gasteiger partial charge in [-0.3, -0.25) is 0 Å². The smallest absolute Gasteiger partial charge is 0.231 e. The average Bonchev–Trinajstić information content (AvgIpc) is 2.89. The van der Waals surface area contributed by atoms with Crippen molar-refractivity contribution >= 4 is 0 Å². The van der Waals surface area contributed by atoms with Crippen LogP contribution in [0.3, 0.4) is 0 Å². The van der Waals surface area contributed by atoms with Gasteiger partial charge < -0.3 is 18.9 Å². The van der Waals surface area contributed by atoms with E-state index in [4.69, 9.17) is 18.9 Å². The van der Waals surface area contributed by atoms with E-state index in [1.54, 1.807) is 14.2 Å². The summed E-state index contributed by atoms with van der Waals surface area (Å²) in [5.41, 5.74) is 1.17. The molecule has 92 valence electrons. The van der Waals surface area contributed by atoms with E-state index in [-0.39, 0.29) is 6.79 Å². The van der Waals surface area contributed by atoms with Crippen LogP contribution in [-0.4, -0.2) is 21.0 Å². The first-order valence-corrected chi connectivity index (χ1v) is 5.80. The van der Waals surface area contributed by atoms with Gasteiger partial charge in [-0.15, -0.1) is 0 Å². The predicted octanol–water partition coefficient (Wildman–Crippen LogP) is 2.56. The molecule has 0 radical (unpaired) electrons. The molecule has 0 spiro atoms.